The number of ether oxygens (including phenoxy) is 1. The first-order valence-corrected chi connectivity index (χ1v) is 5.56. The Hall–Kier alpha value is -0.880. The molecule has 1 N–H and O–H groups in total. The van der Waals surface area contributed by atoms with Crippen molar-refractivity contribution < 1.29 is 9.53 Å². The molecule has 0 fully saturated rings. The van der Waals surface area contributed by atoms with Crippen molar-refractivity contribution in [3.63, 3.8) is 0 Å². The molecule has 1 rings (SSSR count). The highest BCUT2D eigenvalue weighted by molar-refractivity contribution is 5.85. The summed E-state index contributed by atoms with van der Waals surface area (Å²) in [4.78, 5) is 17.3. The maximum Gasteiger partial charge on any atom is 0.236 e. The van der Waals surface area contributed by atoms with E-state index in [2.05, 4.69) is 10.3 Å². The van der Waals surface area contributed by atoms with Crippen LogP contribution < -0.4 is 5.32 Å². The van der Waals surface area contributed by atoms with Gasteiger partial charge in [-0.15, -0.1) is 24.8 Å². The highest BCUT2D eigenvalue weighted by Crippen LogP contribution is 2.00. The molecule has 1 heterocycles. The van der Waals surface area contributed by atoms with Crippen LogP contribution >= 0.6 is 24.8 Å². The molecule has 19 heavy (non-hydrogen) atoms. The first kappa shape index (κ1) is 20.4. The van der Waals surface area contributed by atoms with Gasteiger partial charge >= 0.3 is 0 Å². The number of carbonyl (C=O) groups is 1. The lowest BCUT2D eigenvalue weighted by Gasteiger charge is -2.17. The van der Waals surface area contributed by atoms with Gasteiger partial charge in [0, 0.05) is 39.6 Å². The Morgan fingerprint density at radius 3 is 2.58 bits per heavy atom. The lowest BCUT2D eigenvalue weighted by molar-refractivity contribution is -0.129. The molecule has 1 aromatic rings. The topological polar surface area (TPSA) is 54.5 Å². The van der Waals surface area contributed by atoms with Crippen LogP contribution in [0.1, 0.15) is 5.56 Å². The summed E-state index contributed by atoms with van der Waals surface area (Å²) in [5, 5.41) is 3.02. The summed E-state index contributed by atoms with van der Waals surface area (Å²) in [6.07, 6.45) is 3.45. The molecule has 0 spiro atoms. The molecule has 0 atom stereocenters. The second kappa shape index (κ2) is 12.2. The van der Waals surface area contributed by atoms with Crippen LogP contribution in [0.15, 0.2) is 24.5 Å². The number of rotatable bonds is 7. The predicted molar refractivity (Wildman–Crippen MR) is 80.0 cm³/mol. The molecule has 0 aliphatic heterocycles. The maximum absolute atomic E-state index is 11.7. The van der Waals surface area contributed by atoms with Gasteiger partial charge in [0.15, 0.2) is 0 Å². The predicted octanol–water partition coefficient (Wildman–Crippen LogP) is 1.12. The monoisotopic (exact) mass is 309 g/mol. The SMILES string of the molecule is COCCNCC(=O)N(C)Cc1ccncc1.Cl.Cl. The largest absolute Gasteiger partial charge is 0.383 e. The van der Waals surface area contributed by atoms with Crippen molar-refractivity contribution in [2.75, 3.05) is 33.9 Å². The zero-order chi connectivity index (χ0) is 12.5. The fraction of sp³-hybridized carbons (Fsp3) is 0.500. The molecule has 1 aromatic heterocycles. The molecule has 0 saturated heterocycles. The number of pyridine rings is 1. The first-order valence-electron chi connectivity index (χ1n) is 5.56. The van der Waals surface area contributed by atoms with Crippen LogP contribution in [-0.4, -0.2) is 49.6 Å². The van der Waals surface area contributed by atoms with Gasteiger partial charge in [0.25, 0.3) is 0 Å². The van der Waals surface area contributed by atoms with E-state index in [-0.39, 0.29) is 30.7 Å². The van der Waals surface area contributed by atoms with E-state index in [0.29, 0.717) is 26.2 Å². The number of methoxy groups -OCH3 is 1. The van der Waals surface area contributed by atoms with Crippen molar-refractivity contribution in [3.8, 4) is 0 Å². The van der Waals surface area contributed by atoms with Gasteiger partial charge in [0.1, 0.15) is 0 Å². The summed E-state index contributed by atoms with van der Waals surface area (Å²) < 4.78 is 4.89. The quantitative estimate of drug-likeness (QED) is 0.767. The van der Waals surface area contributed by atoms with E-state index < -0.39 is 0 Å². The third-order valence-corrected chi connectivity index (χ3v) is 2.35. The van der Waals surface area contributed by atoms with Gasteiger partial charge in [-0.25, -0.2) is 0 Å². The van der Waals surface area contributed by atoms with Crippen LogP contribution in [-0.2, 0) is 16.1 Å². The van der Waals surface area contributed by atoms with Crippen LogP contribution in [0.25, 0.3) is 0 Å². The fourth-order valence-electron chi connectivity index (χ4n) is 1.35. The zero-order valence-electron chi connectivity index (χ0n) is 11.2. The van der Waals surface area contributed by atoms with E-state index in [9.17, 15) is 4.79 Å². The van der Waals surface area contributed by atoms with Crippen molar-refractivity contribution in [1.29, 1.82) is 0 Å². The minimum atomic E-state index is 0. The van der Waals surface area contributed by atoms with E-state index >= 15 is 0 Å². The number of likely N-dealkylation sites (N-methyl/N-ethyl adjacent to an activating group) is 1. The van der Waals surface area contributed by atoms with Gasteiger partial charge in [-0.05, 0) is 17.7 Å². The molecule has 0 aliphatic rings. The third-order valence-electron chi connectivity index (χ3n) is 2.35. The van der Waals surface area contributed by atoms with Crippen molar-refractivity contribution in [2.45, 2.75) is 6.54 Å². The summed E-state index contributed by atoms with van der Waals surface area (Å²) >= 11 is 0. The zero-order valence-corrected chi connectivity index (χ0v) is 12.8. The average Bonchev–Trinajstić information content (AvgIpc) is 2.35. The highest BCUT2D eigenvalue weighted by atomic mass is 35.5. The number of nitrogens with zero attached hydrogens (tertiary/aromatic N) is 2. The molecule has 110 valence electrons. The molecule has 1 amide bonds. The summed E-state index contributed by atoms with van der Waals surface area (Å²) in [6.45, 7) is 2.24. The van der Waals surface area contributed by atoms with Gasteiger partial charge in [-0.1, -0.05) is 0 Å². The van der Waals surface area contributed by atoms with Crippen molar-refractivity contribution in [2.24, 2.45) is 0 Å². The first-order chi connectivity index (χ1) is 8.24. The second-order valence-electron chi connectivity index (χ2n) is 3.77. The van der Waals surface area contributed by atoms with Gasteiger partial charge in [-0.3, -0.25) is 9.78 Å². The summed E-state index contributed by atoms with van der Waals surface area (Å²) in [7, 11) is 3.43. The van der Waals surface area contributed by atoms with Crippen molar-refractivity contribution in [3.05, 3.63) is 30.1 Å². The van der Waals surface area contributed by atoms with Crippen LogP contribution in [0, 0.1) is 0 Å². The molecule has 0 aromatic carbocycles. The maximum atomic E-state index is 11.7. The fourth-order valence-corrected chi connectivity index (χ4v) is 1.35. The molecule has 0 radical (unpaired) electrons. The van der Waals surface area contributed by atoms with Gasteiger partial charge < -0.3 is 15.0 Å². The number of hydrogen-bond donors (Lipinski definition) is 1. The van der Waals surface area contributed by atoms with E-state index in [1.54, 1.807) is 31.5 Å². The van der Waals surface area contributed by atoms with E-state index in [0.717, 1.165) is 5.56 Å². The number of aromatic nitrogens is 1. The molecule has 5 nitrogen and oxygen atoms in total. The Bertz CT molecular complexity index is 339. The van der Waals surface area contributed by atoms with Gasteiger partial charge in [-0.2, -0.15) is 0 Å². The normalized spacial score (nSPS) is 9.16. The number of halogens is 2. The smallest absolute Gasteiger partial charge is 0.236 e. The standard InChI is InChI=1S/C12H19N3O2.2ClH/c1-15(10-11-3-5-13-6-4-11)12(16)9-14-7-8-17-2;;/h3-6,14H,7-10H2,1-2H3;2*1H. The molecule has 0 saturated carbocycles. The molecular weight excluding hydrogens is 289 g/mol. The van der Waals surface area contributed by atoms with Crippen LogP contribution in [0.4, 0.5) is 0 Å². The molecule has 7 heteroatoms. The Balaban J connectivity index is 0. The van der Waals surface area contributed by atoms with E-state index in [4.69, 9.17) is 4.74 Å². The van der Waals surface area contributed by atoms with E-state index in [1.165, 1.54) is 0 Å². The Morgan fingerprint density at radius 1 is 1.37 bits per heavy atom. The lowest BCUT2D eigenvalue weighted by Crippen LogP contribution is -2.36. The average molecular weight is 310 g/mol. The van der Waals surface area contributed by atoms with Crippen molar-refractivity contribution >= 4 is 30.7 Å². The van der Waals surface area contributed by atoms with Gasteiger partial charge in [0.2, 0.25) is 5.91 Å². The summed E-state index contributed by atoms with van der Waals surface area (Å²) in [5.74, 6) is 0.0675. The summed E-state index contributed by atoms with van der Waals surface area (Å²) in [5.41, 5.74) is 1.08. The Labute approximate surface area is 126 Å². The molecular formula is C12H21Cl2N3O2. The van der Waals surface area contributed by atoms with Crippen LogP contribution in [0.5, 0.6) is 0 Å². The highest BCUT2D eigenvalue weighted by Gasteiger charge is 2.08. The van der Waals surface area contributed by atoms with Gasteiger partial charge in [0.05, 0.1) is 13.2 Å². The minimum Gasteiger partial charge on any atom is -0.383 e. The Kier molecular flexibility index (Phi) is 13.1. The second-order valence-corrected chi connectivity index (χ2v) is 3.77. The minimum absolute atomic E-state index is 0. The van der Waals surface area contributed by atoms with Crippen LogP contribution in [0.2, 0.25) is 0 Å². The third kappa shape index (κ3) is 8.77. The number of carbonyl (C=O) groups excluding carboxylic acids is 1. The molecule has 0 unspecified atom stereocenters. The Morgan fingerprint density at radius 2 is 2.00 bits per heavy atom. The van der Waals surface area contributed by atoms with Crippen LogP contribution in [0.3, 0.4) is 0 Å². The number of amides is 1. The molecule has 0 bridgehead atoms. The van der Waals surface area contributed by atoms with E-state index in [1.807, 2.05) is 12.1 Å². The number of nitrogens with one attached hydrogen (secondary N) is 1. The number of hydrogen-bond acceptors (Lipinski definition) is 4. The lowest BCUT2D eigenvalue weighted by atomic mass is 10.2. The summed E-state index contributed by atoms with van der Waals surface area (Å²) in [6, 6.07) is 3.81. The van der Waals surface area contributed by atoms with Crippen molar-refractivity contribution in [1.82, 2.24) is 15.2 Å². The molecule has 0 aliphatic carbocycles.